The molecule has 2 fully saturated rings. The fourth-order valence-corrected chi connectivity index (χ4v) is 5.53. The van der Waals surface area contributed by atoms with Gasteiger partial charge in [0, 0.05) is 26.2 Å². The van der Waals surface area contributed by atoms with E-state index < -0.39 is 0 Å². The van der Waals surface area contributed by atoms with Crippen molar-refractivity contribution < 1.29 is 9.47 Å². The second-order valence-electron chi connectivity index (χ2n) is 8.70. The first-order valence-electron chi connectivity index (χ1n) is 11.5. The molecule has 2 saturated heterocycles. The molecular formula is C24H26N6O2. The Morgan fingerprint density at radius 1 is 0.594 bits per heavy atom. The minimum Gasteiger partial charge on any atom is -0.379 e. The molecule has 8 nitrogen and oxygen atoms in total. The van der Waals surface area contributed by atoms with Crippen molar-refractivity contribution in [1.29, 1.82) is 0 Å². The topological polar surface area (TPSA) is 60.6 Å². The molecule has 5 heterocycles. The number of ether oxygens (including phenoxy) is 2. The molecule has 3 aliphatic rings. The monoisotopic (exact) mass is 430 g/mol. The summed E-state index contributed by atoms with van der Waals surface area (Å²) in [6, 6.07) is 17.0. The van der Waals surface area contributed by atoms with Crippen molar-refractivity contribution in [3.8, 4) is 0 Å². The molecule has 8 heteroatoms. The van der Waals surface area contributed by atoms with Gasteiger partial charge in [-0.05, 0) is 24.3 Å². The van der Waals surface area contributed by atoms with Gasteiger partial charge < -0.3 is 18.6 Å². The predicted molar refractivity (Wildman–Crippen MR) is 121 cm³/mol. The molecule has 2 atom stereocenters. The largest absolute Gasteiger partial charge is 0.379 e. The zero-order valence-corrected chi connectivity index (χ0v) is 17.9. The highest BCUT2D eigenvalue weighted by atomic mass is 16.5. The summed E-state index contributed by atoms with van der Waals surface area (Å²) in [5.41, 5.74) is 4.40. The zero-order chi connectivity index (χ0) is 21.1. The van der Waals surface area contributed by atoms with Crippen LogP contribution < -0.4 is 0 Å². The number of benzene rings is 2. The van der Waals surface area contributed by atoms with Crippen LogP contribution >= 0.6 is 0 Å². The highest BCUT2D eigenvalue weighted by Gasteiger charge is 2.42. The molecule has 0 bridgehead atoms. The third-order valence-electron chi connectivity index (χ3n) is 6.98. The molecule has 7 rings (SSSR count). The third-order valence-corrected chi connectivity index (χ3v) is 6.98. The maximum absolute atomic E-state index is 5.69. The quantitative estimate of drug-likeness (QED) is 0.487. The number of rotatable bonds is 2. The van der Waals surface area contributed by atoms with Crippen molar-refractivity contribution in [2.24, 2.45) is 0 Å². The van der Waals surface area contributed by atoms with Gasteiger partial charge >= 0.3 is 0 Å². The number of imidazole rings is 2. The normalized spacial score (nSPS) is 24.6. The van der Waals surface area contributed by atoms with Crippen LogP contribution in [0.4, 0.5) is 0 Å². The van der Waals surface area contributed by atoms with E-state index in [4.69, 9.17) is 19.4 Å². The fraction of sp³-hybridized carbons (Fsp3) is 0.417. The molecule has 0 aliphatic carbocycles. The summed E-state index contributed by atoms with van der Waals surface area (Å²) < 4.78 is 16.3. The number of aromatic nitrogens is 4. The van der Waals surface area contributed by atoms with E-state index in [0.717, 1.165) is 86.3 Å². The molecule has 0 N–H and O–H groups in total. The Morgan fingerprint density at radius 2 is 1.00 bits per heavy atom. The van der Waals surface area contributed by atoms with Crippen LogP contribution in [-0.2, 0) is 9.47 Å². The van der Waals surface area contributed by atoms with E-state index >= 15 is 0 Å². The lowest BCUT2D eigenvalue weighted by Crippen LogP contribution is -2.50. The van der Waals surface area contributed by atoms with Gasteiger partial charge in [-0.2, -0.15) is 0 Å². The van der Waals surface area contributed by atoms with Gasteiger partial charge in [0.25, 0.3) is 0 Å². The maximum atomic E-state index is 5.69. The minimum absolute atomic E-state index is 0.00834. The number of hydrogen-bond acceptors (Lipinski definition) is 6. The van der Waals surface area contributed by atoms with Gasteiger partial charge in [-0.3, -0.25) is 9.80 Å². The molecule has 32 heavy (non-hydrogen) atoms. The molecule has 4 aromatic rings. The average Bonchev–Trinajstić information content (AvgIpc) is 3.42. The number of hydrogen-bond donors (Lipinski definition) is 0. The number of fused-ring (bicyclic) bond motifs is 6. The lowest BCUT2D eigenvalue weighted by molar-refractivity contribution is -0.0157. The first-order chi connectivity index (χ1) is 15.9. The molecule has 2 aromatic carbocycles. The summed E-state index contributed by atoms with van der Waals surface area (Å²) >= 11 is 0. The van der Waals surface area contributed by atoms with E-state index in [-0.39, 0.29) is 12.3 Å². The van der Waals surface area contributed by atoms with E-state index in [1.807, 2.05) is 0 Å². The van der Waals surface area contributed by atoms with Gasteiger partial charge in [-0.25, -0.2) is 9.97 Å². The van der Waals surface area contributed by atoms with Crippen LogP contribution in [0.25, 0.3) is 22.1 Å². The van der Waals surface area contributed by atoms with E-state index in [9.17, 15) is 0 Å². The van der Waals surface area contributed by atoms with Gasteiger partial charge in [-0.1, -0.05) is 24.3 Å². The van der Waals surface area contributed by atoms with Crippen molar-refractivity contribution in [3.05, 3.63) is 60.2 Å². The Hall–Kier alpha value is -2.78. The van der Waals surface area contributed by atoms with Crippen LogP contribution in [0.2, 0.25) is 0 Å². The van der Waals surface area contributed by atoms with E-state index in [1.165, 1.54) is 0 Å². The van der Waals surface area contributed by atoms with Crippen LogP contribution in [-0.4, -0.2) is 81.5 Å². The van der Waals surface area contributed by atoms with Crippen molar-refractivity contribution in [1.82, 2.24) is 28.9 Å². The summed E-state index contributed by atoms with van der Waals surface area (Å²) in [4.78, 5) is 15.4. The standard InChI is InChI=1S/C24H26N6O2/c1-3-7-19-17(5-1)25-21-23(27-9-13-31-14-10-27)30-20-8-4-2-6-18(20)26-22(30)24(29(19)21)28-11-15-32-16-12-28/h1-8,23-24H,9-16H2/t23-,24+. The van der Waals surface area contributed by atoms with Crippen molar-refractivity contribution >= 4 is 22.1 Å². The maximum Gasteiger partial charge on any atom is 0.150 e. The van der Waals surface area contributed by atoms with Crippen LogP contribution in [0.1, 0.15) is 24.0 Å². The molecule has 0 radical (unpaired) electrons. The minimum atomic E-state index is -0.00834. The van der Waals surface area contributed by atoms with Crippen molar-refractivity contribution in [2.45, 2.75) is 12.3 Å². The summed E-state index contributed by atoms with van der Waals surface area (Å²) in [6.45, 7) is 6.47. The summed E-state index contributed by atoms with van der Waals surface area (Å²) in [7, 11) is 0. The van der Waals surface area contributed by atoms with Gasteiger partial charge in [0.1, 0.15) is 24.0 Å². The second kappa shape index (κ2) is 7.38. The molecule has 2 aromatic heterocycles. The average molecular weight is 431 g/mol. The second-order valence-corrected chi connectivity index (χ2v) is 8.70. The number of morpholine rings is 2. The molecule has 0 saturated carbocycles. The zero-order valence-electron chi connectivity index (χ0n) is 17.9. The SMILES string of the molecule is c1ccc2c(c1)nc1n2[C@@H](N2CCOCC2)c2nc3ccccc3n2[C@@H]1N1CCOCC1. The van der Waals surface area contributed by atoms with Gasteiger partial charge in [0.05, 0.1) is 48.5 Å². The Labute approximate surface area is 186 Å². The van der Waals surface area contributed by atoms with Crippen LogP contribution in [0.5, 0.6) is 0 Å². The predicted octanol–water partition coefficient (Wildman–Crippen LogP) is 2.46. The fourth-order valence-electron chi connectivity index (χ4n) is 5.53. The number of para-hydroxylation sites is 4. The number of nitrogens with zero attached hydrogens (tertiary/aromatic N) is 6. The van der Waals surface area contributed by atoms with Crippen molar-refractivity contribution in [3.63, 3.8) is 0 Å². The molecule has 0 unspecified atom stereocenters. The smallest absolute Gasteiger partial charge is 0.150 e. The van der Waals surface area contributed by atoms with E-state index in [2.05, 4.69) is 67.5 Å². The summed E-state index contributed by atoms with van der Waals surface area (Å²) in [5, 5.41) is 0. The highest BCUT2D eigenvalue weighted by molar-refractivity contribution is 5.79. The van der Waals surface area contributed by atoms with Crippen molar-refractivity contribution in [2.75, 3.05) is 52.6 Å². The summed E-state index contributed by atoms with van der Waals surface area (Å²) in [5.74, 6) is 2.17. The molecule has 0 amide bonds. The third kappa shape index (κ3) is 2.70. The molecule has 3 aliphatic heterocycles. The van der Waals surface area contributed by atoms with E-state index in [0.29, 0.717) is 0 Å². The lowest BCUT2D eigenvalue weighted by atomic mass is 10.2. The summed E-state index contributed by atoms with van der Waals surface area (Å²) in [6.07, 6.45) is -0.0167. The molecule has 0 spiro atoms. The Balaban J connectivity index is 1.53. The first kappa shape index (κ1) is 18.8. The molecular weight excluding hydrogens is 404 g/mol. The highest BCUT2D eigenvalue weighted by Crippen LogP contribution is 2.42. The Morgan fingerprint density at radius 3 is 1.44 bits per heavy atom. The lowest BCUT2D eigenvalue weighted by Gasteiger charge is -2.43. The van der Waals surface area contributed by atoms with Crippen LogP contribution in [0.15, 0.2) is 48.5 Å². The van der Waals surface area contributed by atoms with Gasteiger partial charge in [0.2, 0.25) is 0 Å². The first-order valence-corrected chi connectivity index (χ1v) is 11.5. The molecule has 164 valence electrons. The van der Waals surface area contributed by atoms with E-state index in [1.54, 1.807) is 0 Å². The van der Waals surface area contributed by atoms with Crippen LogP contribution in [0, 0.1) is 0 Å². The van der Waals surface area contributed by atoms with Gasteiger partial charge in [0.15, 0.2) is 0 Å². The Bertz CT molecular complexity index is 1180. The van der Waals surface area contributed by atoms with Gasteiger partial charge in [-0.15, -0.1) is 0 Å². The van der Waals surface area contributed by atoms with Crippen LogP contribution in [0.3, 0.4) is 0 Å². The Kier molecular flexibility index (Phi) is 4.33.